The van der Waals surface area contributed by atoms with E-state index in [0.717, 1.165) is 28.7 Å². The van der Waals surface area contributed by atoms with Crippen LogP contribution in [0.15, 0.2) is 18.3 Å². The lowest BCUT2D eigenvalue weighted by Gasteiger charge is -2.23. The average molecular weight is 304 g/mol. The van der Waals surface area contributed by atoms with Gasteiger partial charge in [-0.2, -0.15) is 0 Å². The second-order valence-corrected chi connectivity index (χ2v) is 6.54. The minimum Gasteiger partial charge on any atom is -0.493 e. The zero-order valence-electron chi connectivity index (χ0n) is 12.0. The minimum absolute atomic E-state index is 0.542. The number of halogens is 1. The van der Waals surface area contributed by atoms with Gasteiger partial charge in [-0.1, -0.05) is 18.0 Å². The Kier molecular flexibility index (Phi) is 3.14. The van der Waals surface area contributed by atoms with Crippen LogP contribution in [0.2, 0.25) is 5.02 Å². The van der Waals surface area contributed by atoms with Gasteiger partial charge in [0.25, 0.3) is 0 Å². The molecule has 1 aromatic carbocycles. The molecule has 0 saturated heterocycles. The van der Waals surface area contributed by atoms with Gasteiger partial charge < -0.3 is 10.1 Å². The van der Waals surface area contributed by atoms with E-state index in [1.165, 1.54) is 25.7 Å². The number of methoxy groups -OCH3 is 1. The molecule has 0 spiro atoms. The summed E-state index contributed by atoms with van der Waals surface area (Å²) in [4.78, 5) is 9.14. The molecule has 4 nitrogen and oxygen atoms in total. The normalized spacial score (nSPS) is 27.2. The van der Waals surface area contributed by atoms with Crippen LogP contribution in [0.4, 0.5) is 5.82 Å². The van der Waals surface area contributed by atoms with Crippen molar-refractivity contribution in [2.75, 3.05) is 12.4 Å². The van der Waals surface area contributed by atoms with Gasteiger partial charge in [-0.3, -0.25) is 4.98 Å². The van der Waals surface area contributed by atoms with Crippen molar-refractivity contribution in [2.45, 2.75) is 31.7 Å². The molecule has 2 fully saturated rings. The first-order chi connectivity index (χ1) is 10.2. The maximum Gasteiger partial charge on any atom is 0.165 e. The van der Waals surface area contributed by atoms with Crippen LogP contribution in [0.1, 0.15) is 25.7 Å². The van der Waals surface area contributed by atoms with Crippen molar-refractivity contribution < 1.29 is 4.74 Å². The summed E-state index contributed by atoms with van der Waals surface area (Å²) in [7, 11) is 1.61. The lowest BCUT2D eigenvalue weighted by Crippen LogP contribution is -2.26. The zero-order chi connectivity index (χ0) is 14.4. The Labute approximate surface area is 128 Å². The molecule has 0 amide bonds. The van der Waals surface area contributed by atoms with Crippen LogP contribution >= 0.6 is 11.6 Å². The Bertz CT molecular complexity index is 691. The Morgan fingerprint density at radius 3 is 2.90 bits per heavy atom. The third kappa shape index (κ3) is 2.22. The first-order valence-corrected chi connectivity index (χ1v) is 7.88. The lowest BCUT2D eigenvalue weighted by molar-refractivity contribution is 0.419. The SMILES string of the molecule is COc1c(Cl)ccc2ncc(NC3CC4CCC3C4)nc12. The Balaban J connectivity index is 1.67. The third-order valence-electron chi connectivity index (χ3n) is 4.90. The van der Waals surface area contributed by atoms with Crippen LogP contribution in [-0.2, 0) is 0 Å². The third-order valence-corrected chi connectivity index (χ3v) is 5.19. The second-order valence-electron chi connectivity index (χ2n) is 6.13. The van der Waals surface area contributed by atoms with E-state index < -0.39 is 0 Å². The van der Waals surface area contributed by atoms with E-state index in [0.29, 0.717) is 16.8 Å². The number of aromatic nitrogens is 2. The minimum atomic E-state index is 0.542. The fourth-order valence-electron chi connectivity index (χ4n) is 3.90. The van der Waals surface area contributed by atoms with Crippen molar-refractivity contribution >= 4 is 28.5 Å². The molecule has 110 valence electrons. The lowest BCUT2D eigenvalue weighted by atomic mass is 9.95. The molecule has 5 heteroatoms. The van der Waals surface area contributed by atoms with Gasteiger partial charge in [0, 0.05) is 6.04 Å². The summed E-state index contributed by atoms with van der Waals surface area (Å²) < 4.78 is 5.37. The average Bonchev–Trinajstić information content (AvgIpc) is 3.10. The predicted molar refractivity (Wildman–Crippen MR) is 84.0 cm³/mol. The van der Waals surface area contributed by atoms with E-state index in [-0.39, 0.29) is 0 Å². The van der Waals surface area contributed by atoms with Crippen molar-refractivity contribution in [1.29, 1.82) is 0 Å². The molecule has 2 aliphatic rings. The molecule has 2 aliphatic carbocycles. The number of anilines is 1. The summed E-state index contributed by atoms with van der Waals surface area (Å²) in [6.45, 7) is 0. The maximum atomic E-state index is 6.16. The van der Waals surface area contributed by atoms with Crippen LogP contribution in [0.25, 0.3) is 11.0 Å². The number of hydrogen-bond donors (Lipinski definition) is 1. The molecule has 1 N–H and O–H groups in total. The highest BCUT2D eigenvalue weighted by atomic mass is 35.5. The predicted octanol–water partition coefficient (Wildman–Crippen LogP) is 3.89. The molecule has 2 saturated carbocycles. The van der Waals surface area contributed by atoms with E-state index in [9.17, 15) is 0 Å². The van der Waals surface area contributed by atoms with Crippen LogP contribution < -0.4 is 10.1 Å². The molecule has 3 atom stereocenters. The van der Waals surface area contributed by atoms with Crippen LogP contribution in [0.3, 0.4) is 0 Å². The number of hydrogen-bond acceptors (Lipinski definition) is 4. The molecule has 21 heavy (non-hydrogen) atoms. The molecule has 2 bridgehead atoms. The fraction of sp³-hybridized carbons (Fsp3) is 0.500. The zero-order valence-corrected chi connectivity index (χ0v) is 12.7. The quantitative estimate of drug-likeness (QED) is 0.934. The van der Waals surface area contributed by atoms with Crippen LogP contribution in [0.5, 0.6) is 5.75 Å². The van der Waals surface area contributed by atoms with Gasteiger partial charge in [0.2, 0.25) is 0 Å². The standard InChI is InChI=1S/C16H18ClN3O/c1-21-16-11(17)4-5-12-15(16)20-14(8-18-12)19-13-7-9-2-3-10(13)6-9/h4-5,8-10,13H,2-3,6-7H2,1H3,(H,19,20). The van der Waals surface area contributed by atoms with Gasteiger partial charge >= 0.3 is 0 Å². The van der Waals surface area contributed by atoms with Gasteiger partial charge in [-0.25, -0.2) is 4.98 Å². The van der Waals surface area contributed by atoms with Gasteiger partial charge in [0.05, 0.1) is 23.8 Å². The van der Waals surface area contributed by atoms with Gasteiger partial charge in [0.1, 0.15) is 11.3 Å². The van der Waals surface area contributed by atoms with E-state index in [1.807, 2.05) is 12.3 Å². The number of benzene rings is 1. The van der Waals surface area contributed by atoms with Crippen LogP contribution in [-0.4, -0.2) is 23.1 Å². The Morgan fingerprint density at radius 2 is 2.19 bits per heavy atom. The number of fused-ring (bicyclic) bond motifs is 3. The molecule has 4 rings (SSSR count). The second kappa shape index (κ2) is 5.02. The molecule has 0 aliphatic heterocycles. The molecule has 2 aromatic rings. The molecule has 3 unspecified atom stereocenters. The molecule has 0 radical (unpaired) electrons. The number of nitrogens with one attached hydrogen (secondary N) is 1. The Hall–Kier alpha value is -1.55. The highest BCUT2D eigenvalue weighted by Gasteiger charge is 2.39. The maximum absolute atomic E-state index is 6.16. The van der Waals surface area contributed by atoms with Gasteiger partial charge in [0.15, 0.2) is 5.75 Å². The summed E-state index contributed by atoms with van der Waals surface area (Å²) >= 11 is 6.16. The van der Waals surface area contributed by atoms with Crippen molar-refractivity contribution in [1.82, 2.24) is 9.97 Å². The van der Waals surface area contributed by atoms with E-state index in [2.05, 4.69) is 15.3 Å². The highest BCUT2D eigenvalue weighted by Crippen LogP contribution is 2.45. The highest BCUT2D eigenvalue weighted by molar-refractivity contribution is 6.33. The van der Waals surface area contributed by atoms with Crippen molar-refractivity contribution in [3.63, 3.8) is 0 Å². The van der Waals surface area contributed by atoms with Gasteiger partial charge in [-0.15, -0.1) is 0 Å². The number of rotatable bonds is 3. The summed E-state index contributed by atoms with van der Waals surface area (Å²) in [6, 6.07) is 4.20. The summed E-state index contributed by atoms with van der Waals surface area (Å²) in [5.74, 6) is 3.12. The molecular formula is C16H18ClN3O. The summed E-state index contributed by atoms with van der Waals surface area (Å²) in [6.07, 6.45) is 7.18. The van der Waals surface area contributed by atoms with Crippen molar-refractivity contribution in [2.24, 2.45) is 11.8 Å². The van der Waals surface area contributed by atoms with Crippen LogP contribution in [0, 0.1) is 11.8 Å². The summed E-state index contributed by atoms with van der Waals surface area (Å²) in [5, 5.41) is 4.13. The van der Waals surface area contributed by atoms with Gasteiger partial charge in [-0.05, 0) is 43.2 Å². The summed E-state index contributed by atoms with van der Waals surface area (Å²) in [5.41, 5.74) is 1.52. The smallest absolute Gasteiger partial charge is 0.165 e. The fourth-order valence-corrected chi connectivity index (χ4v) is 4.13. The molecular weight excluding hydrogens is 286 g/mol. The van der Waals surface area contributed by atoms with E-state index >= 15 is 0 Å². The van der Waals surface area contributed by atoms with Crippen molar-refractivity contribution in [3.05, 3.63) is 23.4 Å². The van der Waals surface area contributed by atoms with E-state index in [1.54, 1.807) is 13.2 Å². The van der Waals surface area contributed by atoms with E-state index in [4.69, 9.17) is 16.3 Å². The topological polar surface area (TPSA) is 47.0 Å². The monoisotopic (exact) mass is 303 g/mol. The number of ether oxygens (including phenoxy) is 1. The first kappa shape index (κ1) is 13.1. The Morgan fingerprint density at radius 1 is 1.29 bits per heavy atom. The number of nitrogens with zero attached hydrogens (tertiary/aromatic N) is 2. The molecule has 1 heterocycles. The molecule has 1 aromatic heterocycles. The largest absolute Gasteiger partial charge is 0.493 e. The first-order valence-electron chi connectivity index (χ1n) is 7.50. The van der Waals surface area contributed by atoms with Crippen molar-refractivity contribution in [3.8, 4) is 5.75 Å².